The van der Waals surface area contributed by atoms with Gasteiger partial charge >= 0.3 is 12.1 Å². The van der Waals surface area contributed by atoms with E-state index in [1.807, 2.05) is 6.92 Å². The molecule has 3 aromatic rings. The fraction of sp³-hybridized carbons (Fsp3) is 0.600. The van der Waals surface area contributed by atoms with Crippen LogP contribution in [-0.4, -0.2) is 62.0 Å². The lowest BCUT2D eigenvalue weighted by Crippen LogP contribution is -2.58. The number of methoxy groups -OCH3 is 1. The predicted octanol–water partition coefficient (Wildman–Crippen LogP) is 3.81. The van der Waals surface area contributed by atoms with Gasteiger partial charge in [-0.15, -0.1) is 0 Å². The van der Waals surface area contributed by atoms with Gasteiger partial charge < -0.3 is 15.4 Å². The number of hydrogen-bond donors (Lipinski definition) is 2. The van der Waals surface area contributed by atoms with Gasteiger partial charge in [0, 0.05) is 25.2 Å². The van der Waals surface area contributed by atoms with Crippen molar-refractivity contribution >= 4 is 23.4 Å². The number of alkyl halides is 3. The zero-order chi connectivity index (χ0) is 31.4. The van der Waals surface area contributed by atoms with Crippen molar-refractivity contribution in [3.8, 4) is 0 Å². The van der Waals surface area contributed by atoms with E-state index in [-0.39, 0.29) is 23.6 Å². The number of imidazole rings is 1. The van der Waals surface area contributed by atoms with Gasteiger partial charge in [-0.05, 0) is 75.0 Å². The number of nitrogens with one attached hydrogen (secondary N) is 2. The number of rotatable bonds is 10. The first-order valence-electron chi connectivity index (χ1n) is 15.1. The summed E-state index contributed by atoms with van der Waals surface area (Å²) in [6.07, 6.45) is 2.29. The standard InChI is InChI=1S/C30H36F3N7O4/c1-4-39-22(11-12-35-39)26(41)37-25(24(17-5-6-17)18-7-8-18)21-15-40-23(36-21)10-9-20(38-40)16(2)29(28(43)44-3)13-19(30(31,32)33)14-34-27(29)42/h9-12,15-19,24-25H,4-8,13-14H2,1-3H3,(H,34,42)(H,37,41)/t16?,19-,25-,29?/m1/s1. The number of amides is 2. The smallest absolute Gasteiger partial charge is 0.393 e. The molecular formula is C30H36F3N7O4. The van der Waals surface area contributed by atoms with Crippen LogP contribution in [-0.2, 0) is 20.9 Å². The first-order chi connectivity index (χ1) is 21.0. The molecule has 6 rings (SSSR count). The second-order valence-corrected chi connectivity index (χ2v) is 12.3. The maximum atomic E-state index is 13.8. The summed E-state index contributed by atoms with van der Waals surface area (Å²) in [7, 11) is 1.05. The molecule has 4 heterocycles. The molecule has 0 spiro atoms. The normalized spacial score (nSPS) is 23.8. The maximum absolute atomic E-state index is 13.8. The lowest BCUT2D eigenvalue weighted by Gasteiger charge is -2.41. The first kappa shape index (κ1) is 30.1. The molecule has 0 aromatic carbocycles. The van der Waals surface area contributed by atoms with E-state index in [1.54, 1.807) is 35.3 Å². The maximum Gasteiger partial charge on any atom is 0.393 e. The number of ether oxygens (including phenoxy) is 1. The van der Waals surface area contributed by atoms with Gasteiger partial charge in [-0.1, -0.05) is 6.92 Å². The molecular weight excluding hydrogens is 579 g/mol. The Balaban J connectivity index is 1.35. The van der Waals surface area contributed by atoms with Crippen LogP contribution < -0.4 is 10.6 Å². The highest BCUT2D eigenvalue weighted by molar-refractivity contribution is 6.04. The Morgan fingerprint density at radius 1 is 1.16 bits per heavy atom. The Kier molecular flexibility index (Phi) is 7.65. The topological polar surface area (TPSA) is 133 Å². The van der Waals surface area contributed by atoms with E-state index in [9.17, 15) is 27.6 Å². The second kappa shape index (κ2) is 11.2. The third-order valence-electron chi connectivity index (χ3n) is 9.61. The molecule has 1 aliphatic heterocycles. The van der Waals surface area contributed by atoms with Gasteiger partial charge in [0.2, 0.25) is 5.91 Å². The molecule has 14 heteroatoms. The molecule has 4 atom stereocenters. The third kappa shape index (κ3) is 5.32. The quantitative estimate of drug-likeness (QED) is 0.262. The average molecular weight is 616 g/mol. The van der Waals surface area contributed by atoms with Gasteiger partial charge in [-0.25, -0.2) is 9.50 Å². The Morgan fingerprint density at radius 3 is 2.48 bits per heavy atom. The van der Waals surface area contributed by atoms with Crippen LogP contribution in [0.15, 0.2) is 30.6 Å². The van der Waals surface area contributed by atoms with Crippen LogP contribution in [0.5, 0.6) is 0 Å². The van der Waals surface area contributed by atoms with Crippen molar-refractivity contribution in [1.29, 1.82) is 0 Å². The highest BCUT2D eigenvalue weighted by atomic mass is 19.4. The Labute approximate surface area is 251 Å². The second-order valence-electron chi connectivity index (χ2n) is 12.3. The predicted molar refractivity (Wildman–Crippen MR) is 150 cm³/mol. The van der Waals surface area contributed by atoms with Crippen molar-refractivity contribution in [3.05, 3.63) is 47.7 Å². The minimum atomic E-state index is -4.61. The zero-order valence-electron chi connectivity index (χ0n) is 24.8. The van der Waals surface area contributed by atoms with Gasteiger partial charge in [0.05, 0.1) is 36.7 Å². The van der Waals surface area contributed by atoms with Crippen molar-refractivity contribution in [2.75, 3.05) is 13.7 Å². The molecule has 2 amide bonds. The van der Waals surface area contributed by atoms with Gasteiger partial charge in [0.1, 0.15) is 5.69 Å². The Hall–Kier alpha value is -3.97. The van der Waals surface area contributed by atoms with Crippen LogP contribution in [0, 0.1) is 29.1 Å². The number of carbonyl (C=O) groups excluding carboxylic acids is 3. The zero-order valence-corrected chi connectivity index (χ0v) is 24.8. The number of carbonyl (C=O) groups is 3. The summed E-state index contributed by atoms with van der Waals surface area (Å²) >= 11 is 0. The minimum absolute atomic E-state index is 0.202. The molecule has 2 aliphatic carbocycles. The van der Waals surface area contributed by atoms with Crippen LogP contribution in [0.2, 0.25) is 0 Å². The molecule has 2 N–H and O–H groups in total. The van der Waals surface area contributed by atoms with Crippen LogP contribution in [0.4, 0.5) is 13.2 Å². The molecule has 11 nitrogen and oxygen atoms in total. The van der Waals surface area contributed by atoms with E-state index in [4.69, 9.17) is 9.72 Å². The summed E-state index contributed by atoms with van der Waals surface area (Å²) in [4.78, 5) is 44.5. The molecule has 0 bridgehead atoms. The summed E-state index contributed by atoms with van der Waals surface area (Å²) in [5.74, 6) is -3.93. The lowest BCUT2D eigenvalue weighted by molar-refractivity contribution is -0.196. The fourth-order valence-electron chi connectivity index (χ4n) is 6.87. The number of hydrogen-bond acceptors (Lipinski definition) is 7. The summed E-state index contributed by atoms with van der Waals surface area (Å²) in [5.41, 5.74) is -0.348. The Morgan fingerprint density at radius 2 is 1.86 bits per heavy atom. The van der Waals surface area contributed by atoms with Crippen LogP contribution in [0.3, 0.4) is 0 Å². The van der Waals surface area contributed by atoms with Crippen molar-refractivity contribution in [2.45, 2.75) is 70.6 Å². The average Bonchev–Trinajstić information content (AvgIpc) is 3.93. The first-order valence-corrected chi connectivity index (χ1v) is 15.1. The van der Waals surface area contributed by atoms with Crippen LogP contribution in [0.25, 0.3) is 5.65 Å². The van der Waals surface area contributed by atoms with E-state index in [0.29, 0.717) is 35.4 Å². The van der Waals surface area contributed by atoms with E-state index < -0.39 is 48.3 Å². The number of nitrogens with zero attached hydrogens (tertiary/aromatic N) is 5. The molecule has 3 aliphatic rings. The SMILES string of the molecule is CCn1nccc1C(=O)N[C@H](c1cn2nc(C(C)C3(C(=O)OC)C[C@@H](C(F)(F)F)CNC3=O)ccc2n1)C(C1CC1)C1CC1. The van der Waals surface area contributed by atoms with E-state index in [2.05, 4.69) is 20.8 Å². The number of halogens is 3. The molecule has 1 saturated heterocycles. The van der Waals surface area contributed by atoms with Crippen molar-refractivity contribution in [2.24, 2.45) is 29.1 Å². The van der Waals surface area contributed by atoms with Crippen molar-refractivity contribution in [3.63, 3.8) is 0 Å². The van der Waals surface area contributed by atoms with Gasteiger partial charge in [0.25, 0.3) is 5.91 Å². The molecule has 3 aromatic heterocycles. The monoisotopic (exact) mass is 615 g/mol. The molecule has 236 valence electrons. The lowest BCUT2D eigenvalue weighted by atomic mass is 9.66. The summed E-state index contributed by atoms with van der Waals surface area (Å²) in [5, 5.41) is 14.4. The number of fused-ring (bicyclic) bond motifs is 1. The molecule has 3 fully saturated rings. The largest absolute Gasteiger partial charge is 0.468 e. The van der Waals surface area contributed by atoms with Crippen molar-refractivity contribution < 1.29 is 32.3 Å². The highest BCUT2D eigenvalue weighted by Gasteiger charge is 2.60. The van der Waals surface area contributed by atoms with Crippen LogP contribution in [0.1, 0.15) is 79.8 Å². The van der Waals surface area contributed by atoms with Gasteiger partial charge in [-0.3, -0.25) is 19.1 Å². The minimum Gasteiger partial charge on any atom is -0.468 e. The molecule has 44 heavy (non-hydrogen) atoms. The van der Waals surface area contributed by atoms with E-state index >= 15 is 0 Å². The Bertz CT molecular complexity index is 1560. The molecule has 0 radical (unpaired) electrons. The molecule has 2 saturated carbocycles. The van der Waals surface area contributed by atoms with Gasteiger partial charge in [0.15, 0.2) is 11.1 Å². The summed E-state index contributed by atoms with van der Waals surface area (Å²) in [6, 6.07) is 4.52. The summed E-state index contributed by atoms with van der Waals surface area (Å²) < 4.78 is 49.4. The number of aromatic nitrogens is 5. The van der Waals surface area contributed by atoms with Crippen molar-refractivity contribution in [1.82, 2.24) is 35.0 Å². The third-order valence-corrected chi connectivity index (χ3v) is 9.61. The van der Waals surface area contributed by atoms with E-state index in [1.165, 1.54) is 11.4 Å². The van der Waals surface area contributed by atoms with Crippen LogP contribution >= 0.6 is 0 Å². The summed E-state index contributed by atoms with van der Waals surface area (Å²) in [6.45, 7) is 3.36. The van der Waals surface area contributed by atoms with E-state index in [0.717, 1.165) is 32.8 Å². The van der Waals surface area contributed by atoms with Gasteiger partial charge in [-0.2, -0.15) is 23.4 Å². The number of esters is 1. The number of piperidine rings is 1. The highest BCUT2D eigenvalue weighted by Crippen LogP contribution is 2.54. The number of aryl methyl sites for hydroxylation is 1. The molecule has 2 unspecified atom stereocenters. The fourth-order valence-corrected chi connectivity index (χ4v) is 6.87.